The van der Waals surface area contributed by atoms with Crippen molar-refractivity contribution in [2.24, 2.45) is 0 Å². The lowest BCUT2D eigenvalue weighted by molar-refractivity contribution is -0.130. The number of benzene rings is 1. The van der Waals surface area contributed by atoms with E-state index >= 15 is 0 Å². The van der Waals surface area contributed by atoms with Gasteiger partial charge in [0, 0.05) is 12.8 Å². The number of carbonyl (C=O) groups is 2. The second-order valence-corrected chi connectivity index (χ2v) is 5.81. The zero-order valence-electron chi connectivity index (χ0n) is 12.9. The van der Waals surface area contributed by atoms with Crippen LogP contribution >= 0.6 is 0 Å². The quantitative estimate of drug-likeness (QED) is 0.777. The molecule has 0 radical (unpaired) electrons. The molecular formula is C17H22O3. The predicted molar refractivity (Wildman–Crippen MR) is 78.5 cm³/mol. The molecule has 2 rings (SSSR count). The van der Waals surface area contributed by atoms with Gasteiger partial charge in [-0.2, -0.15) is 0 Å². The van der Waals surface area contributed by atoms with Crippen LogP contribution in [0.15, 0.2) is 0 Å². The molecule has 0 saturated heterocycles. The van der Waals surface area contributed by atoms with Crippen LogP contribution in [0.4, 0.5) is 0 Å². The van der Waals surface area contributed by atoms with Crippen molar-refractivity contribution in [1.82, 2.24) is 0 Å². The summed E-state index contributed by atoms with van der Waals surface area (Å²) in [6, 6.07) is 0. The van der Waals surface area contributed by atoms with Gasteiger partial charge >= 0.3 is 0 Å². The molecule has 3 heteroatoms. The minimum absolute atomic E-state index is 0.0111. The van der Waals surface area contributed by atoms with E-state index in [0.29, 0.717) is 12.8 Å². The second-order valence-electron chi connectivity index (χ2n) is 5.81. The third kappa shape index (κ3) is 2.37. The molecule has 3 nitrogen and oxygen atoms in total. The van der Waals surface area contributed by atoms with Crippen LogP contribution in [0.5, 0.6) is 5.75 Å². The smallest absolute Gasteiger partial charge is 0.140 e. The SMILES string of the molecule is COc1c(C)c(C)c(C)c(C2CC(=O)CC(=O)C2)c1C. The third-order valence-electron chi connectivity index (χ3n) is 4.57. The Hall–Kier alpha value is -1.64. The van der Waals surface area contributed by atoms with Crippen molar-refractivity contribution >= 4 is 11.6 Å². The summed E-state index contributed by atoms with van der Waals surface area (Å²) < 4.78 is 5.53. The van der Waals surface area contributed by atoms with Gasteiger partial charge in [0.1, 0.15) is 17.3 Å². The summed E-state index contributed by atoms with van der Waals surface area (Å²) in [5.41, 5.74) is 5.72. The summed E-state index contributed by atoms with van der Waals surface area (Å²) in [6.07, 6.45) is 1.05. The molecule has 0 amide bonds. The molecule has 0 unspecified atom stereocenters. The van der Waals surface area contributed by atoms with E-state index in [9.17, 15) is 9.59 Å². The van der Waals surface area contributed by atoms with E-state index in [4.69, 9.17) is 4.74 Å². The van der Waals surface area contributed by atoms with Crippen LogP contribution in [0.25, 0.3) is 0 Å². The van der Waals surface area contributed by atoms with Crippen molar-refractivity contribution < 1.29 is 14.3 Å². The Bertz CT molecular complexity index is 569. The summed E-state index contributed by atoms with van der Waals surface area (Å²) in [6.45, 7) is 8.22. The van der Waals surface area contributed by atoms with Crippen molar-refractivity contribution in [3.05, 3.63) is 27.8 Å². The first kappa shape index (κ1) is 14.8. The maximum atomic E-state index is 11.7. The number of rotatable bonds is 2. The lowest BCUT2D eigenvalue weighted by atomic mass is 9.77. The summed E-state index contributed by atoms with van der Waals surface area (Å²) in [5, 5.41) is 0. The maximum Gasteiger partial charge on any atom is 0.140 e. The molecule has 1 aliphatic rings. The molecule has 0 atom stereocenters. The highest BCUT2D eigenvalue weighted by molar-refractivity contribution is 6.02. The van der Waals surface area contributed by atoms with Gasteiger partial charge in [-0.15, -0.1) is 0 Å². The summed E-state index contributed by atoms with van der Waals surface area (Å²) >= 11 is 0. The van der Waals surface area contributed by atoms with E-state index in [0.717, 1.165) is 22.4 Å². The first-order valence-corrected chi connectivity index (χ1v) is 7.04. The number of hydrogen-bond donors (Lipinski definition) is 0. The zero-order chi connectivity index (χ0) is 15.0. The molecule has 0 aromatic heterocycles. The number of ketones is 2. The van der Waals surface area contributed by atoms with Gasteiger partial charge in [0.25, 0.3) is 0 Å². The molecule has 0 heterocycles. The predicted octanol–water partition coefficient (Wildman–Crippen LogP) is 3.33. The van der Waals surface area contributed by atoms with Crippen molar-refractivity contribution in [3.8, 4) is 5.75 Å². The van der Waals surface area contributed by atoms with E-state index in [1.165, 1.54) is 11.1 Å². The van der Waals surface area contributed by atoms with Gasteiger partial charge in [0.2, 0.25) is 0 Å². The molecule has 0 N–H and O–H groups in total. The molecule has 108 valence electrons. The van der Waals surface area contributed by atoms with Gasteiger partial charge in [-0.3, -0.25) is 9.59 Å². The fourth-order valence-electron chi connectivity index (χ4n) is 3.45. The van der Waals surface area contributed by atoms with Crippen LogP contribution in [0.2, 0.25) is 0 Å². The second kappa shape index (κ2) is 5.39. The van der Waals surface area contributed by atoms with Gasteiger partial charge in [-0.25, -0.2) is 0 Å². The number of hydrogen-bond acceptors (Lipinski definition) is 3. The fourth-order valence-corrected chi connectivity index (χ4v) is 3.45. The lowest BCUT2D eigenvalue weighted by Crippen LogP contribution is -2.23. The molecule has 1 saturated carbocycles. The normalized spacial score (nSPS) is 16.6. The zero-order valence-corrected chi connectivity index (χ0v) is 12.9. The van der Waals surface area contributed by atoms with Crippen molar-refractivity contribution in [2.45, 2.75) is 52.9 Å². The van der Waals surface area contributed by atoms with Crippen molar-refractivity contribution in [2.75, 3.05) is 7.11 Å². The van der Waals surface area contributed by atoms with E-state index in [-0.39, 0.29) is 23.9 Å². The first-order chi connectivity index (χ1) is 9.36. The Morgan fingerprint density at radius 2 is 1.40 bits per heavy atom. The van der Waals surface area contributed by atoms with Crippen LogP contribution in [0, 0.1) is 27.7 Å². The van der Waals surface area contributed by atoms with Crippen LogP contribution in [-0.2, 0) is 9.59 Å². The molecule has 1 aromatic rings. The Morgan fingerprint density at radius 1 is 0.850 bits per heavy atom. The molecule has 1 aromatic carbocycles. The van der Waals surface area contributed by atoms with E-state index < -0.39 is 0 Å². The van der Waals surface area contributed by atoms with Crippen LogP contribution in [0.1, 0.15) is 53.0 Å². The number of Topliss-reactive ketones (excluding diaryl/α,β-unsaturated/α-hetero) is 2. The number of methoxy groups -OCH3 is 1. The topological polar surface area (TPSA) is 43.4 Å². The van der Waals surface area contributed by atoms with E-state index in [2.05, 4.69) is 20.8 Å². The Labute approximate surface area is 120 Å². The molecule has 0 spiro atoms. The highest BCUT2D eigenvalue weighted by Gasteiger charge is 2.30. The van der Waals surface area contributed by atoms with Crippen LogP contribution in [0.3, 0.4) is 0 Å². The summed E-state index contributed by atoms with van der Waals surface area (Å²) in [4.78, 5) is 23.5. The monoisotopic (exact) mass is 274 g/mol. The summed E-state index contributed by atoms with van der Waals surface area (Å²) in [7, 11) is 1.67. The Morgan fingerprint density at radius 3 is 1.90 bits per heavy atom. The third-order valence-corrected chi connectivity index (χ3v) is 4.57. The molecule has 1 fully saturated rings. The first-order valence-electron chi connectivity index (χ1n) is 7.04. The van der Waals surface area contributed by atoms with Crippen molar-refractivity contribution in [3.63, 3.8) is 0 Å². The standard InChI is InChI=1S/C17H22O3/c1-9-10(2)16(12(4)17(20-5)11(9)3)13-6-14(18)8-15(19)7-13/h13H,6-8H2,1-5H3. The minimum atomic E-state index is 0.0111. The fraction of sp³-hybridized carbons (Fsp3) is 0.529. The van der Waals surface area contributed by atoms with Gasteiger partial charge < -0.3 is 4.74 Å². The van der Waals surface area contributed by atoms with Crippen LogP contribution < -0.4 is 4.74 Å². The van der Waals surface area contributed by atoms with Gasteiger partial charge in [0.05, 0.1) is 13.5 Å². The molecule has 0 aliphatic heterocycles. The average Bonchev–Trinajstić information content (AvgIpc) is 2.36. The molecular weight excluding hydrogens is 252 g/mol. The molecule has 20 heavy (non-hydrogen) atoms. The summed E-state index contributed by atoms with van der Waals surface area (Å²) in [5.74, 6) is 1.01. The van der Waals surface area contributed by atoms with E-state index in [1.807, 2.05) is 6.92 Å². The largest absolute Gasteiger partial charge is 0.496 e. The molecule has 0 bridgehead atoms. The van der Waals surface area contributed by atoms with E-state index in [1.54, 1.807) is 7.11 Å². The Balaban J connectivity index is 2.59. The highest BCUT2D eigenvalue weighted by atomic mass is 16.5. The van der Waals surface area contributed by atoms with Crippen molar-refractivity contribution in [1.29, 1.82) is 0 Å². The lowest BCUT2D eigenvalue weighted by Gasteiger charge is -2.27. The maximum absolute atomic E-state index is 11.7. The number of ether oxygens (including phenoxy) is 1. The van der Waals surface area contributed by atoms with Crippen LogP contribution in [-0.4, -0.2) is 18.7 Å². The number of carbonyl (C=O) groups excluding carboxylic acids is 2. The average molecular weight is 274 g/mol. The highest BCUT2D eigenvalue weighted by Crippen LogP contribution is 2.40. The minimum Gasteiger partial charge on any atom is -0.496 e. The van der Waals surface area contributed by atoms with Gasteiger partial charge in [-0.05, 0) is 61.4 Å². The van der Waals surface area contributed by atoms with Gasteiger partial charge in [0.15, 0.2) is 0 Å². The van der Waals surface area contributed by atoms with Gasteiger partial charge in [-0.1, -0.05) is 0 Å². The Kier molecular flexibility index (Phi) is 3.98. The molecule has 1 aliphatic carbocycles.